The molecule has 80 valence electrons. The van der Waals surface area contributed by atoms with Gasteiger partial charge in [0, 0.05) is 28.2 Å². The van der Waals surface area contributed by atoms with Crippen LogP contribution >= 0.6 is 34.7 Å². The van der Waals surface area contributed by atoms with Gasteiger partial charge in [-0.05, 0) is 0 Å². The fourth-order valence-corrected chi connectivity index (χ4v) is 3.08. The van der Waals surface area contributed by atoms with Crippen molar-refractivity contribution in [2.45, 2.75) is 31.9 Å². The number of hydrogen-bond acceptors (Lipinski definition) is 3. The number of alkyl halides is 1. The molecule has 1 heterocycles. The van der Waals surface area contributed by atoms with Crippen molar-refractivity contribution in [2.24, 2.45) is 0 Å². The molecule has 0 bridgehead atoms. The Morgan fingerprint density at radius 3 is 2.71 bits per heavy atom. The van der Waals surface area contributed by atoms with Gasteiger partial charge in [0.15, 0.2) is 0 Å². The van der Waals surface area contributed by atoms with E-state index in [0.29, 0.717) is 0 Å². The normalized spacial score (nSPS) is 12.0. The molecule has 1 rings (SSSR count). The van der Waals surface area contributed by atoms with Crippen molar-refractivity contribution in [3.8, 4) is 0 Å². The Balaban J connectivity index is 2.51. The van der Waals surface area contributed by atoms with Crippen molar-refractivity contribution < 1.29 is 0 Å². The molecule has 0 aliphatic rings. The Hall–Kier alpha value is 0.270. The lowest BCUT2D eigenvalue weighted by atomic mass is 9.93. The van der Waals surface area contributed by atoms with Crippen LogP contribution in [0, 0.1) is 0 Å². The average Bonchev–Trinajstić information content (AvgIpc) is 2.52. The van der Waals surface area contributed by atoms with Crippen LogP contribution in [0.15, 0.2) is 5.38 Å². The monoisotopic (exact) mass is 249 g/mol. The maximum Gasteiger partial charge on any atom is 0.103 e. The fraction of sp³-hybridized carbons (Fsp3) is 0.700. The summed E-state index contributed by atoms with van der Waals surface area (Å²) in [4.78, 5) is 4.61. The molecule has 0 saturated heterocycles. The van der Waals surface area contributed by atoms with Crippen LogP contribution in [0.25, 0.3) is 0 Å². The summed E-state index contributed by atoms with van der Waals surface area (Å²) in [5.74, 6) is 2.72. The second-order valence-electron chi connectivity index (χ2n) is 4.12. The number of halogens is 1. The van der Waals surface area contributed by atoms with Crippen molar-refractivity contribution in [1.82, 2.24) is 4.98 Å². The lowest BCUT2D eigenvalue weighted by molar-refractivity contribution is 0.572. The number of aromatic nitrogens is 1. The van der Waals surface area contributed by atoms with Gasteiger partial charge in [-0.15, -0.1) is 22.9 Å². The summed E-state index contributed by atoms with van der Waals surface area (Å²) in [5.41, 5.74) is 1.37. The lowest BCUT2D eigenvalue weighted by Gasteiger charge is -2.14. The van der Waals surface area contributed by atoms with E-state index in [9.17, 15) is 0 Å². The molecular formula is C10H16ClNS2. The largest absolute Gasteiger partial charge is 0.245 e. The molecule has 1 aromatic heterocycles. The van der Waals surface area contributed by atoms with Crippen LogP contribution in [0.3, 0.4) is 0 Å². The van der Waals surface area contributed by atoms with Crippen LogP contribution in [-0.2, 0) is 11.2 Å². The Morgan fingerprint density at radius 1 is 1.50 bits per heavy atom. The number of thiazole rings is 1. The zero-order valence-electron chi connectivity index (χ0n) is 8.84. The van der Waals surface area contributed by atoms with Gasteiger partial charge in [-0.3, -0.25) is 0 Å². The van der Waals surface area contributed by atoms with Gasteiger partial charge in [-0.1, -0.05) is 20.8 Å². The summed E-state index contributed by atoms with van der Waals surface area (Å²) >= 11 is 9.21. The van der Waals surface area contributed by atoms with Gasteiger partial charge in [0.1, 0.15) is 5.01 Å². The molecule has 0 saturated carbocycles. The zero-order valence-corrected chi connectivity index (χ0v) is 11.2. The van der Waals surface area contributed by atoms with Gasteiger partial charge in [0.25, 0.3) is 0 Å². The van der Waals surface area contributed by atoms with Crippen molar-refractivity contribution in [2.75, 3.05) is 11.6 Å². The molecule has 0 spiro atoms. The van der Waals surface area contributed by atoms with Crippen LogP contribution in [0.2, 0.25) is 0 Å². The topological polar surface area (TPSA) is 12.9 Å². The minimum absolute atomic E-state index is 0.173. The molecule has 0 N–H and O–H groups in total. The highest BCUT2D eigenvalue weighted by atomic mass is 35.5. The average molecular weight is 250 g/mol. The van der Waals surface area contributed by atoms with Gasteiger partial charge in [-0.25, -0.2) is 4.98 Å². The van der Waals surface area contributed by atoms with E-state index in [0.717, 1.165) is 17.4 Å². The third kappa shape index (κ3) is 3.79. The van der Waals surface area contributed by atoms with Crippen molar-refractivity contribution in [3.63, 3.8) is 0 Å². The number of hydrogen-bond donors (Lipinski definition) is 0. The second-order valence-corrected chi connectivity index (χ2v) is 6.54. The van der Waals surface area contributed by atoms with E-state index in [1.807, 2.05) is 11.8 Å². The van der Waals surface area contributed by atoms with Crippen molar-refractivity contribution in [3.05, 3.63) is 16.1 Å². The Kier molecular flexibility index (Phi) is 4.74. The predicted molar refractivity (Wildman–Crippen MR) is 67.7 cm³/mol. The first kappa shape index (κ1) is 12.3. The molecule has 14 heavy (non-hydrogen) atoms. The molecule has 0 atom stereocenters. The number of thioether (sulfide) groups is 1. The van der Waals surface area contributed by atoms with Crippen molar-refractivity contribution >= 4 is 34.7 Å². The van der Waals surface area contributed by atoms with Crippen LogP contribution in [0.1, 0.15) is 31.5 Å². The maximum atomic E-state index is 5.61. The van der Waals surface area contributed by atoms with Crippen LogP contribution in [0.4, 0.5) is 0 Å². The van der Waals surface area contributed by atoms with Crippen LogP contribution in [0.5, 0.6) is 0 Å². The van der Waals surface area contributed by atoms with E-state index in [4.69, 9.17) is 11.6 Å². The first-order valence-electron chi connectivity index (χ1n) is 4.62. The summed E-state index contributed by atoms with van der Waals surface area (Å²) in [6.07, 6.45) is 0. The number of nitrogens with zero attached hydrogens (tertiary/aromatic N) is 1. The van der Waals surface area contributed by atoms with E-state index in [-0.39, 0.29) is 5.41 Å². The Morgan fingerprint density at radius 2 is 2.21 bits per heavy atom. The molecule has 1 aromatic rings. The molecule has 0 aromatic carbocycles. The Labute approximate surface area is 99.3 Å². The van der Waals surface area contributed by atoms with Crippen LogP contribution < -0.4 is 0 Å². The highest BCUT2D eigenvalue weighted by Gasteiger charge is 2.16. The van der Waals surface area contributed by atoms with Gasteiger partial charge >= 0.3 is 0 Å². The molecular weight excluding hydrogens is 234 g/mol. The first-order valence-corrected chi connectivity index (χ1v) is 7.19. The first-order chi connectivity index (χ1) is 6.54. The third-order valence-corrected chi connectivity index (χ3v) is 4.18. The molecule has 1 nitrogen and oxygen atoms in total. The van der Waals surface area contributed by atoms with Gasteiger partial charge in [0.2, 0.25) is 0 Å². The van der Waals surface area contributed by atoms with Crippen molar-refractivity contribution in [1.29, 1.82) is 0 Å². The quantitative estimate of drug-likeness (QED) is 0.593. The molecule has 0 aliphatic heterocycles. The van der Waals surface area contributed by atoms with E-state index >= 15 is 0 Å². The maximum absolute atomic E-state index is 5.61. The molecule has 0 unspecified atom stereocenters. The molecule has 0 amide bonds. The standard InChI is InChI=1S/C10H16ClNS2/c1-10(2,3)8-6-14-9(12-8)7-13-5-4-11/h6H,4-5,7H2,1-3H3. The smallest absolute Gasteiger partial charge is 0.103 e. The molecule has 0 fully saturated rings. The van der Waals surface area contributed by atoms with Crippen LogP contribution in [-0.4, -0.2) is 16.6 Å². The second kappa shape index (κ2) is 5.38. The van der Waals surface area contributed by atoms with E-state index in [2.05, 4.69) is 31.1 Å². The third-order valence-electron chi connectivity index (χ3n) is 1.77. The zero-order chi connectivity index (χ0) is 10.6. The van der Waals surface area contributed by atoms with Gasteiger partial charge < -0.3 is 0 Å². The van der Waals surface area contributed by atoms with E-state index in [1.165, 1.54) is 10.7 Å². The van der Waals surface area contributed by atoms with Gasteiger partial charge in [-0.2, -0.15) is 11.8 Å². The summed E-state index contributed by atoms with van der Waals surface area (Å²) in [5, 5.41) is 3.38. The summed E-state index contributed by atoms with van der Waals surface area (Å²) in [6, 6.07) is 0. The summed E-state index contributed by atoms with van der Waals surface area (Å²) in [6.45, 7) is 6.58. The predicted octanol–water partition coefficient (Wildman–Crippen LogP) is 3.91. The summed E-state index contributed by atoms with van der Waals surface area (Å²) < 4.78 is 0. The minimum atomic E-state index is 0.173. The highest BCUT2D eigenvalue weighted by molar-refractivity contribution is 7.98. The molecule has 4 heteroatoms. The SMILES string of the molecule is CC(C)(C)c1csc(CSCCCl)n1. The fourth-order valence-electron chi connectivity index (χ4n) is 0.936. The molecule has 0 aliphatic carbocycles. The van der Waals surface area contributed by atoms with E-state index < -0.39 is 0 Å². The van der Waals surface area contributed by atoms with E-state index in [1.54, 1.807) is 11.3 Å². The lowest BCUT2D eigenvalue weighted by Crippen LogP contribution is -2.11. The molecule has 0 radical (unpaired) electrons. The number of rotatable bonds is 4. The van der Waals surface area contributed by atoms with Gasteiger partial charge in [0.05, 0.1) is 5.69 Å². The Bertz CT molecular complexity index is 278. The highest BCUT2D eigenvalue weighted by Crippen LogP contribution is 2.25. The minimum Gasteiger partial charge on any atom is -0.245 e. The summed E-state index contributed by atoms with van der Waals surface area (Å²) in [7, 11) is 0.